The number of rotatable bonds is 8. The molecule has 0 unspecified atom stereocenters. The molecule has 0 heterocycles. The minimum Gasteiger partial charge on any atom is -0.325 e. The fourth-order valence-electron chi connectivity index (χ4n) is 3.00. The molecule has 34 heavy (non-hydrogen) atoms. The van der Waals surface area contributed by atoms with Crippen molar-refractivity contribution in [3.05, 3.63) is 82.3 Å². The van der Waals surface area contributed by atoms with Crippen LogP contribution in [0.15, 0.2) is 71.6 Å². The van der Waals surface area contributed by atoms with E-state index < -0.39 is 32.5 Å². The summed E-state index contributed by atoms with van der Waals surface area (Å²) < 4.78 is 53.2. The van der Waals surface area contributed by atoms with E-state index in [9.17, 15) is 21.6 Å². The molecule has 0 aliphatic heterocycles. The summed E-state index contributed by atoms with van der Waals surface area (Å²) in [4.78, 5) is 12.5. The molecule has 3 rings (SSSR count). The van der Waals surface area contributed by atoms with E-state index in [1.165, 1.54) is 36.4 Å². The van der Waals surface area contributed by atoms with E-state index in [0.29, 0.717) is 27.0 Å². The van der Waals surface area contributed by atoms with Crippen molar-refractivity contribution in [1.29, 1.82) is 0 Å². The third-order valence-corrected chi connectivity index (χ3v) is 7.91. The second-order valence-corrected chi connectivity index (χ2v) is 11.8. The maximum atomic E-state index is 12.7. The average Bonchev–Trinajstić information content (AvgIpc) is 2.75. The van der Waals surface area contributed by atoms with E-state index in [2.05, 4.69) is 10.0 Å². The van der Waals surface area contributed by atoms with Gasteiger partial charge in [0.25, 0.3) is 10.0 Å². The standard InChI is InChI=1S/C22H21Cl2N3O5S2/c1-15-20(24)7-4-8-21(15)26-34(31,32)19-11-9-17(10-12-19)25-22(28)14-27(33(2,29)30)18-6-3-5-16(23)13-18/h3-13,26H,14H2,1-2H3,(H,25,28). The quantitative estimate of drug-likeness (QED) is 0.435. The number of benzene rings is 3. The monoisotopic (exact) mass is 541 g/mol. The number of nitrogens with one attached hydrogen (secondary N) is 2. The van der Waals surface area contributed by atoms with Crippen molar-refractivity contribution < 1.29 is 21.6 Å². The second kappa shape index (κ2) is 10.2. The van der Waals surface area contributed by atoms with Gasteiger partial charge >= 0.3 is 0 Å². The number of nitrogens with zero attached hydrogens (tertiary/aromatic N) is 1. The van der Waals surface area contributed by atoms with E-state index in [-0.39, 0.29) is 10.6 Å². The number of carbonyl (C=O) groups is 1. The SMILES string of the molecule is Cc1c(Cl)cccc1NS(=O)(=O)c1ccc(NC(=O)CN(c2cccc(Cl)c2)S(C)(=O)=O)cc1. The summed E-state index contributed by atoms with van der Waals surface area (Å²) in [6, 6.07) is 16.5. The normalized spacial score (nSPS) is 11.6. The molecule has 1 amide bonds. The highest BCUT2D eigenvalue weighted by atomic mass is 35.5. The molecule has 0 aliphatic rings. The van der Waals surface area contributed by atoms with Gasteiger partial charge < -0.3 is 5.32 Å². The second-order valence-electron chi connectivity index (χ2n) is 7.34. The van der Waals surface area contributed by atoms with Crippen LogP contribution in [0, 0.1) is 6.92 Å². The number of amides is 1. The maximum absolute atomic E-state index is 12.7. The molecule has 8 nitrogen and oxygen atoms in total. The number of sulfonamides is 2. The van der Waals surface area contributed by atoms with Gasteiger partial charge in [0.15, 0.2) is 0 Å². The first kappa shape index (κ1) is 25.8. The van der Waals surface area contributed by atoms with Gasteiger partial charge in [-0.1, -0.05) is 35.3 Å². The summed E-state index contributed by atoms with van der Waals surface area (Å²) in [5, 5.41) is 3.32. The van der Waals surface area contributed by atoms with Crippen LogP contribution in [-0.4, -0.2) is 35.5 Å². The molecule has 3 aromatic rings. The fraction of sp³-hybridized carbons (Fsp3) is 0.136. The van der Waals surface area contributed by atoms with Gasteiger partial charge in [0.1, 0.15) is 6.54 Å². The zero-order chi connectivity index (χ0) is 25.1. The highest BCUT2D eigenvalue weighted by molar-refractivity contribution is 7.92. The molecular weight excluding hydrogens is 521 g/mol. The lowest BCUT2D eigenvalue weighted by Crippen LogP contribution is -2.37. The van der Waals surface area contributed by atoms with Crippen LogP contribution in [0.5, 0.6) is 0 Å². The smallest absolute Gasteiger partial charge is 0.261 e. The molecule has 0 saturated carbocycles. The zero-order valence-electron chi connectivity index (χ0n) is 18.1. The van der Waals surface area contributed by atoms with Gasteiger partial charge in [-0.25, -0.2) is 16.8 Å². The number of hydrogen-bond acceptors (Lipinski definition) is 5. The molecular formula is C22H21Cl2N3O5S2. The Morgan fingerprint density at radius 3 is 2.21 bits per heavy atom. The first-order valence-electron chi connectivity index (χ1n) is 9.78. The van der Waals surface area contributed by atoms with Gasteiger partial charge in [-0.2, -0.15) is 0 Å². The lowest BCUT2D eigenvalue weighted by atomic mass is 10.2. The van der Waals surface area contributed by atoms with Crippen LogP contribution in [0.3, 0.4) is 0 Å². The predicted octanol–water partition coefficient (Wildman–Crippen LogP) is 4.51. The molecule has 0 spiro atoms. The summed E-state index contributed by atoms with van der Waals surface area (Å²) in [7, 11) is -7.67. The van der Waals surface area contributed by atoms with Crippen LogP contribution < -0.4 is 14.3 Å². The fourth-order valence-corrected chi connectivity index (χ4v) is 5.33. The van der Waals surface area contributed by atoms with Gasteiger partial charge in [0.05, 0.1) is 22.5 Å². The van der Waals surface area contributed by atoms with Crippen LogP contribution >= 0.6 is 23.2 Å². The number of halogens is 2. The highest BCUT2D eigenvalue weighted by Gasteiger charge is 2.21. The Balaban J connectivity index is 1.73. The lowest BCUT2D eigenvalue weighted by molar-refractivity contribution is -0.114. The van der Waals surface area contributed by atoms with E-state index in [4.69, 9.17) is 23.2 Å². The minimum atomic E-state index is -3.90. The first-order chi connectivity index (χ1) is 15.9. The summed E-state index contributed by atoms with van der Waals surface area (Å²) in [5.41, 5.74) is 1.48. The van der Waals surface area contributed by atoms with Gasteiger partial charge in [-0.05, 0) is 67.1 Å². The van der Waals surface area contributed by atoms with Crippen molar-refractivity contribution in [2.45, 2.75) is 11.8 Å². The lowest BCUT2D eigenvalue weighted by Gasteiger charge is -2.22. The predicted molar refractivity (Wildman–Crippen MR) is 136 cm³/mol. The molecule has 0 radical (unpaired) electrons. The Hall–Kier alpha value is -2.79. The molecule has 0 atom stereocenters. The molecule has 0 aromatic heterocycles. The molecule has 0 aliphatic carbocycles. The molecule has 12 heteroatoms. The summed E-state index contributed by atoms with van der Waals surface area (Å²) in [5.74, 6) is -0.617. The molecule has 0 saturated heterocycles. The Kier molecular flexibility index (Phi) is 7.77. The number of carbonyl (C=O) groups excluding carboxylic acids is 1. The van der Waals surface area contributed by atoms with Gasteiger partial charge in [-0.3, -0.25) is 13.8 Å². The number of anilines is 3. The molecule has 2 N–H and O–H groups in total. The largest absolute Gasteiger partial charge is 0.325 e. The number of hydrogen-bond donors (Lipinski definition) is 2. The Labute approximate surface area is 208 Å². The van der Waals surface area contributed by atoms with E-state index in [1.54, 1.807) is 37.3 Å². The van der Waals surface area contributed by atoms with Gasteiger partial charge in [0.2, 0.25) is 15.9 Å². The highest BCUT2D eigenvalue weighted by Crippen LogP contribution is 2.26. The minimum absolute atomic E-state index is 0.0263. The topological polar surface area (TPSA) is 113 Å². The van der Waals surface area contributed by atoms with Crippen molar-refractivity contribution >= 4 is 66.2 Å². The first-order valence-corrected chi connectivity index (χ1v) is 13.9. The summed E-state index contributed by atoms with van der Waals surface area (Å²) >= 11 is 12.0. The van der Waals surface area contributed by atoms with Crippen molar-refractivity contribution in [3.63, 3.8) is 0 Å². The molecule has 180 valence electrons. The van der Waals surface area contributed by atoms with Crippen LogP contribution in [0.1, 0.15) is 5.56 Å². The Morgan fingerprint density at radius 2 is 1.59 bits per heavy atom. The molecule has 0 bridgehead atoms. The molecule has 0 fully saturated rings. The van der Waals surface area contributed by atoms with E-state index >= 15 is 0 Å². The average molecular weight is 542 g/mol. The van der Waals surface area contributed by atoms with Crippen molar-refractivity contribution in [1.82, 2.24) is 0 Å². The van der Waals surface area contributed by atoms with E-state index in [0.717, 1.165) is 10.6 Å². The van der Waals surface area contributed by atoms with Crippen molar-refractivity contribution in [2.24, 2.45) is 0 Å². The van der Waals surface area contributed by atoms with Crippen LogP contribution in [0.4, 0.5) is 17.1 Å². The Morgan fingerprint density at radius 1 is 0.941 bits per heavy atom. The van der Waals surface area contributed by atoms with Crippen molar-refractivity contribution in [3.8, 4) is 0 Å². The zero-order valence-corrected chi connectivity index (χ0v) is 21.3. The van der Waals surface area contributed by atoms with Crippen LogP contribution in [-0.2, 0) is 24.8 Å². The van der Waals surface area contributed by atoms with E-state index in [1.807, 2.05) is 0 Å². The van der Waals surface area contributed by atoms with Gasteiger partial charge in [-0.15, -0.1) is 0 Å². The van der Waals surface area contributed by atoms with Gasteiger partial charge in [0, 0.05) is 15.7 Å². The van der Waals surface area contributed by atoms with Crippen molar-refractivity contribution in [2.75, 3.05) is 27.1 Å². The van der Waals surface area contributed by atoms with Crippen LogP contribution in [0.2, 0.25) is 10.0 Å². The maximum Gasteiger partial charge on any atom is 0.261 e. The third-order valence-electron chi connectivity index (χ3n) is 4.74. The summed E-state index contributed by atoms with van der Waals surface area (Å²) in [6.07, 6.45) is 0.982. The van der Waals surface area contributed by atoms with Crippen LogP contribution in [0.25, 0.3) is 0 Å². The third kappa shape index (κ3) is 6.41. The Bertz CT molecular complexity index is 1430. The molecule has 3 aromatic carbocycles. The summed E-state index contributed by atoms with van der Waals surface area (Å²) in [6.45, 7) is 1.21.